The number of esters is 1. The van der Waals surface area contributed by atoms with Gasteiger partial charge < -0.3 is 9.84 Å². The van der Waals surface area contributed by atoms with Crippen molar-refractivity contribution in [3.05, 3.63) is 47.6 Å². The van der Waals surface area contributed by atoms with Gasteiger partial charge in [0, 0.05) is 13.3 Å². The van der Waals surface area contributed by atoms with Gasteiger partial charge in [-0.1, -0.05) is 34.9 Å². The van der Waals surface area contributed by atoms with Gasteiger partial charge in [0.1, 0.15) is 6.10 Å². The molecule has 0 aliphatic heterocycles. The Balaban J connectivity index is 4.43. The molecule has 25 heavy (non-hydrogen) atoms. The molecule has 0 bridgehead atoms. The number of carbonyl (C=O) groups is 1. The molecule has 2 unspecified atom stereocenters. The normalized spacial score (nSPS) is 16.0. The Morgan fingerprint density at radius 2 is 1.72 bits per heavy atom. The third kappa shape index (κ3) is 13.4. The van der Waals surface area contributed by atoms with E-state index in [9.17, 15) is 9.90 Å². The predicted octanol–water partition coefficient (Wildman–Crippen LogP) is 5.66. The van der Waals surface area contributed by atoms with E-state index in [1.54, 1.807) is 13.0 Å². The molecular weight excluding hydrogens is 312 g/mol. The van der Waals surface area contributed by atoms with Crippen LogP contribution in [0.2, 0.25) is 0 Å². The Bertz CT molecular complexity index is 517. The van der Waals surface area contributed by atoms with Gasteiger partial charge in [0.05, 0.1) is 5.60 Å². The van der Waals surface area contributed by atoms with Crippen LogP contribution in [0.3, 0.4) is 0 Å². The van der Waals surface area contributed by atoms with Crippen LogP contribution in [-0.4, -0.2) is 22.8 Å². The standard InChI is InChI=1S/C22H36O3/c1-8-22(7,24)14-10-13-18(4)11-9-12-19(5)16-21(15-17(2)3)25-20(6)23/h8,12-13,15,21,24H,1,9-11,14,16H2,2-7H3. The molecule has 0 aromatic heterocycles. The average molecular weight is 349 g/mol. The first-order chi connectivity index (χ1) is 11.6. The molecule has 3 heteroatoms. The van der Waals surface area contributed by atoms with Crippen molar-refractivity contribution < 1.29 is 14.6 Å². The summed E-state index contributed by atoms with van der Waals surface area (Å²) in [5.41, 5.74) is 2.91. The summed E-state index contributed by atoms with van der Waals surface area (Å²) in [4.78, 5) is 11.2. The first-order valence-electron chi connectivity index (χ1n) is 9.05. The van der Waals surface area contributed by atoms with Gasteiger partial charge in [-0.2, -0.15) is 0 Å². The van der Waals surface area contributed by atoms with E-state index in [2.05, 4.69) is 32.6 Å². The second kappa shape index (κ2) is 11.9. The fourth-order valence-corrected chi connectivity index (χ4v) is 2.48. The van der Waals surface area contributed by atoms with Crippen molar-refractivity contribution in [1.29, 1.82) is 0 Å². The minimum Gasteiger partial charge on any atom is -0.458 e. The number of allylic oxidation sites excluding steroid dienone is 4. The highest BCUT2D eigenvalue weighted by Gasteiger charge is 2.13. The highest BCUT2D eigenvalue weighted by atomic mass is 16.5. The molecule has 0 saturated heterocycles. The van der Waals surface area contributed by atoms with Crippen LogP contribution in [0.25, 0.3) is 0 Å². The van der Waals surface area contributed by atoms with Crippen molar-refractivity contribution in [3.8, 4) is 0 Å². The summed E-state index contributed by atoms with van der Waals surface area (Å²) in [6.07, 6.45) is 12.0. The van der Waals surface area contributed by atoms with Gasteiger partial charge >= 0.3 is 5.97 Å². The Labute approximate surface area is 154 Å². The lowest BCUT2D eigenvalue weighted by Crippen LogP contribution is -2.19. The van der Waals surface area contributed by atoms with Crippen LogP contribution < -0.4 is 0 Å². The molecule has 0 aromatic carbocycles. The van der Waals surface area contributed by atoms with Crippen LogP contribution in [0.1, 0.15) is 73.6 Å². The Morgan fingerprint density at radius 3 is 2.24 bits per heavy atom. The van der Waals surface area contributed by atoms with Crippen molar-refractivity contribution in [3.63, 3.8) is 0 Å². The fourth-order valence-electron chi connectivity index (χ4n) is 2.48. The fraction of sp³-hybridized carbons (Fsp3) is 0.591. The highest BCUT2D eigenvalue weighted by Crippen LogP contribution is 2.17. The van der Waals surface area contributed by atoms with Crippen molar-refractivity contribution in [2.24, 2.45) is 0 Å². The maximum Gasteiger partial charge on any atom is 0.303 e. The molecule has 0 spiro atoms. The van der Waals surface area contributed by atoms with Gasteiger partial charge in [0.15, 0.2) is 0 Å². The van der Waals surface area contributed by atoms with Crippen molar-refractivity contribution in [2.45, 2.75) is 85.4 Å². The monoisotopic (exact) mass is 348 g/mol. The van der Waals surface area contributed by atoms with Gasteiger partial charge in [-0.05, 0) is 66.4 Å². The first-order valence-corrected chi connectivity index (χ1v) is 9.05. The molecule has 2 atom stereocenters. The van der Waals surface area contributed by atoms with Crippen LogP contribution in [0.5, 0.6) is 0 Å². The molecule has 0 saturated carbocycles. The predicted molar refractivity (Wildman–Crippen MR) is 106 cm³/mol. The lowest BCUT2D eigenvalue weighted by atomic mass is 9.99. The number of aliphatic hydroxyl groups is 1. The van der Waals surface area contributed by atoms with E-state index < -0.39 is 5.60 Å². The summed E-state index contributed by atoms with van der Waals surface area (Å²) in [6.45, 7) is 15.1. The second-order valence-electron chi connectivity index (χ2n) is 7.34. The van der Waals surface area contributed by atoms with Gasteiger partial charge in [-0.25, -0.2) is 0 Å². The highest BCUT2D eigenvalue weighted by molar-refractivity contribution is 5.66. The van der Waals surface area contributed by atoms with E-state index in [4.69, 9.17) is 4.74 Å². The molecule has 0 aliphatic rings. The molecule has 1 N–H and O–H groups in total. The van der Waals surface area contributed by atoms with E-state index in [0.717, 1.165) is 31.3 Å². The van der Waals surface area contributed by atoms with Crippen LogP contribution in [-0.2, 0) is 9.53 Å². The van der Waals surface area contributed by atoms with Crippen molar-refractivity contribution in [1.82, 2.24) is 0 Å². The molecular formula is C22H36O3. The van der Waals surface area contributed by atoms with E-state index >= 15 is 0 Å². The third-order valence-corrected chi connectivity index (χ3v) is 3.97. The Hall–Kier alpha value is -1.61. The maximum atomic E-state index is 11.2. The summed E-state index contributed by atoms with van der Waals surface area (Å²) < 4.78 is 5.36. The van der Waals surface area contributed by atoms with Gasteiger partial charge in [0.2, 0.25) is 0 Å². The van der Waals surface area contributed by atoms with Gasteiger partial charge in [0.25, 0.3) is 0 Å². The van der Waals surface area contributed by atoms with E-state index in [0.29, 0.717) is 6.42 Å². The topological polar surface area (TPSA) is 46.5 Å². The number of ether oxygens (including phenoxy) is 1. The SMILES string of the molecule is C=CC(C)(O)CCC=C(C)CCC=C(C)CC(C=C(C)C)OC(C)=O. The molecule has 0 heterocycles. The minimum absolute atomic E-state index is 0.184. The molecule has 3 nitrogen and oxygen atoms in total. The smallest absolute Gasteiger partial charge is 0.303 e. The summed E-state index contributed by atoms with van der Waals surface area (Å²) in [7, 11) is 0. The molecule has 0 radical (unpaired) electrons. The zero-order valence-corrected chi connectivity index (χ0v) is 16.9. The lowest BCUT2D eigenvalue weighted by molar-refractivity contribution is -0.144. The number of carbonyl (C=O) groups excluding carboxylic acids is 1. The third-order valence-electron chi connectivity index (χ3n) is 3.97. The van der Waals surface area contributed by atoms with Crippen LogP contribution in [0.15, 0.2) is 47.6 Å². The Morgan fingerprint density at radius 1 is 1.12 bits per heavy atom. The molecule has 0 fully saturated rings. The van der Waals surface area contributed by atoms with E-state index in [-0.39, 0.29) is 12.1 Å². The summed E-state index contributed by atoms with van der Waals surface area (Å²) >= 11 is 0. The molecule has 142 valence electrons. The molecule has 0 rings (SSSR count). The molecule has 0 amide bonds. The number of rotatable bonds is 11. The summed E-state index contributed by atoms with van der Waals surface area (Å²) in [5, 5.41) is 9.90. The van der Waals surface area contributed by atoms with Crippen molar-refractivity contribution in [2.75, 3.05) is 0 Å². The quantitative estimate of drug-likeness (QED) is 0.387. The zero-order valence-electron chi connectivity index (χ0n) is 16.9. The zero-order chi connectivity index (χ0) is 19.5. The largest absolute Gasteiger partial charge is 0.458 e. The average Bonchev–Trinajstić information content (AvgIpc) is 2.45. The van der Waals surface area contributed by atoms with Gasteiger partial charge in [-0.3, -0.25) is 4.79 Å². The van der Waals surface area contributed by atoms with E-state index in [1.165, 1.54) is 18.1 Å². The molecule has 0 aromatic rings. The Kier molecular flexibility index (Phi) is 11.1. The molecule has 0 aliphatic carbocycles. The van der Waals surface area contributed by atoms with Crippen LogP contribution in [0.4, 0.5) is 0 Å². The number of hydrogen-bond donors (Lipinski definition) is 1. The lowest BCUT2D eigenvalue weighted by Gasteiger charge is -2.16. The van der Waals surface area contributed by atoms with E-state index in [1.807, 2.05) is 19.9 Å². The van der Waals surface area contributed by atoms with Crippen LogP contribution >= 0.6 is 0 Å². The van der Waals surface area contributed by atoms with Gasteiger partial charge in [-0.15, -0.1) is 6.58 Å². The maximum absolute atomic E-state index is 11.2. The summed E-state index contributed by atoms with van der Waals surface area (Å²) in [5.74, 6) is -0.246. The number of hydrogen-bond acceptors (Lipinski definition) is 3. The summed E-state index contributed by atoms with van der Waals surface area (Å²) in [6, 6.07) is 0. The first kappa shape index (κ1) is 23.4. The minimum atomic E-state index is -0.788. The second-order valence-corrected chi connectivity index (χ2v) is 7.34. The van der Waals surface area contributed by atoms with Crippen LogP contribution in [0, 0.1) is 0 Å². The van der Waals surface area contributed by atoms with Crippen molar-refractivity contribution >= 4 is 5.97 Å².